The molecule has 1 aromatic heterocycles. The Hall–Kier alpha value is -0.830. The zero-order valence-electron chi connectivity index (χ0n) is 9.96. The summed E-state index contributed by atoms with van der Waals surface area (Å²) in [5, 5.41) is 3.26. The molecule has 0 saturated carbocycles. The Bertz CT molecular complexity index is 336. The zero-order valence-corrected chi connectivity index (χ0v) is 10.8. The van der Waals surface area contributed by atoms with E-state index < -0.39 is 0 Å². The van der Waals surface area contributed by atoms with Gasteiger partial charge in [-0.25, -0.2) is 4.98 Å². The van der Waals surface area contributed by atoms with Gasteiger partial charge in [-0.2, -0.15) is 0 Å². The first kappa shape index (κ1) is 12.2. The van der Waals surface area contributed by atoms with Crippen LogP contribution in [0.1, 0.15) is 38.4 Å². The van der Waals surface area contributed by atoms with Crippen molar-refractivity contribution in [3.8, 4) is 0 Å². The van der Waals surface area contributed by atoms with Crippen molar-refractivity contribution in [1.82, 2.24) is 4.98 Å². The van der Waals surface area contributed by atoms with Crippen LogP contribution < -0.4 is 0 Å². The maximum Gasteiger partial charge on any atom is 0.0982 e. The van der Waals surface area contributed by atoms with Crippen molar-refractivity contribution in [3.05, 3.63) is 28.4 Å². The smallest absolute Gasteiger partial charge is 0.0982 e. The first-order chi connectivity index (χ1) is 6.93. The molecule has 0 radical (unpaired) electrons. The van der Waals surface area contributed by atoms with E-state index in [1.54, 1.807) is 11.3 Å². The molecular weight excluding hydrogens is 206 g/mol. The molecule has 1 heterocycles. The fourth-order valence-corrected chi connectivity index (χ4v) is 2.10. The van der Waals surface area contributed by atoms with Gasteiger partial charge in [0.25, 0.3) is 0 Å². The van der Waals surface area contributed by atoms with Gasteiger partial charge in [0.2, 0.25) is 0 Å². The minimum Gasteiger partial charge on any atom is -0.498 e. The van der Waals surface area contributed by atoms with Crippen LogP contribution in [0.25, 0.3) is 0 Å². The molecule has 0 aliphatic heterocycles. The van der Waals surface area contributed by atoms with E-state index in [1.807, 2.05) is 6.92 Å². The van der Waals surface area contributed by atoms with Crippen LogP contribution in [0.3, 0.4) is 0 Å². The molecule has 0 saturated heterocycles. The highest BCUT2D eigenvalue weighted by Crippen LogP contribution is 2.26. The average molecular weight is 225 g/mol. The molecule has 0 aliphatic rings. The van der Waals surface area contributed by atoms with Gasteiger partial charge >= 0.3 is 0 Å². The van der Waals surface area contributed by atoms with Crippen molar-refractivity contribution in [3.63, 3.8) is 0 Å². The second-order valence-corrected chi connectivity index (χ2v) is 5.40. The monoisotopic (exact) mass is 225 g/mol. The van der Waals surface area contributed by atoms with E-state index in [4.69, 9.17) is 4.74 Å². The van der Waals surface area contributed by atoms with Crippen molar-refractivity contribution in [2.75, 3.05) is 6.61 Å². The van der Waals surface area contributed by atoms with Crippen LogP contribution in [0, 0.1) is 0 Å². The summed E-state index contributed by atoms with van der Waals surface area (Å²) >= 11 is 1.71. The lowest BCUT2D eigenvalue weighted by atomic mass is 9.98. The summed E-state index contributed by atoms with van der Waals surface area (Å²) in [4.78, 5) is 4.58. The second-order valence-electron chi connectivity index (χ2n) is 4.54. The van der Waals surface area contributed by atoms with Crippen LogP contribution in [0.15, 0.2) is 17.7 Å². The summed E-state index contributed by atoms with van der Waals surface area (Å²) in [6, 6.07) is 0. The van der Waals surface area contributed by atoms with Crippen molar-refractivity contribution in [1.29, 1.82) is 0 Å². The Balaban J connectivity index is 2.65. The van der Waals surface area contributed by atoms with Gasteiger partial charge in [0.1, 0.15) is 0 Å². The van der Waals surface area contributed by atoms with Gasteiger partial charge in [-0.3, -0.25) is 0 Å². The van der Waals surface area contributed by atoms with E-state index >= 15 is 0 Å². The Kier molecular flexibility index (Phi) is 3.91. The molecule has 0 fully saturated rings. The third-order valence-corrected chi connectivity index (χ3v) is 3.24. The predicted molar refractivity (Wildman–Crippen MR) is 65.3 cm³/mol. The third-order valence-electron chi connectivity index (χ3n) is 1.92. The molecule has 3 heteroatoms. The SMILES string of the molecule is C=C(Cc1csc(C(C)(C)C)n1)OCC. The van der Waals surface area contributed by atoms with Gasteiger partial charge < -0.3 is 4.74 Å². The van der Waals surface area contributed by atoms with Crippen LogP contribution in [-0.2, 0) is 16.6 Å². The molecule has 1 aromatic rings. The molecule has 0 atom stereocenters. The predicted octanol–water partition coefficient (Wildman–Crippen LogP) is 3.53. The number of aromatic nitrogens is 1. The molecule has 1 rings (SSSR count). The minimum atomic E-state index is 0.135. The summed E-state index contributed by atoms with van der Waals surface area (Å²) in [5.74, 6) is 0.795. The lowest BCUT2D eigenvalue weighted by Gasteiger charge is -2.13. The number of nitrogens with zero attached hydrogens (tertiary/aromatic N) is 1. The van der Waals surface area contributed by atoms with Gasteiger partial charge in [-0.05, 0) is 6.92 Å². The Morgan fingerprint density at radius 3 is 2.67 bits per heavy atom. The highest BCUT2D eigenvalue weighted by Gasteiger charge is 2.18. The molecule has 0 amide bonds. The molecule has 0 aromatic carbocycles. The van der Waals surface area contributed by atoms with E-state index in [1.165, 1.54) is 5.01 Å². The number of hydrogen-bond acceptors (Lipinski definition) is 3. The van der Waals surface area contributed by atoms with E-state index in [0.29, 0.717) is 6.61 Å². The van der Waals surface area contributed by atoms with Crippen LogP contribution in [-0.4, -0.2) is 11.6 Å². The largest absolute Gasteiger partial charge is 0.498 e. The molecule has 0 bridgehead atoms. The van der Waals surface area contributed by atoms with Gasteiger partial charge in [-0.1, -0.05) is 27.4 Å². The second kappa shape index (κ2) is 4.79. The van der Waals surface area contributed by atoms with Gasteiger partial charge in [0.05, 0.1) is 23.1 Å². The number of rotatable bonds is 4. The molecule has 0 aliphatic carbocycles. The number of thiazole rings is 1. The van der Waals surface area contributed by atoms with Gasteiger partial charge in [0.15, 0.2) is 0 Å². The summed E-state index contributed by atoms with van der Waals surface area (Å²) in [6.45, 7) is 13.0. The Labute approximate surface area is 96.0 Å². The summed E-state index contributed by atoms with van der Waals surface area (Å²) in [6.07, 6.45) is 0.723. The van der Waals surface area contributed by atoms with E-state index in [0.717, 1.165) is 17.9 Å². The standard InChI is InChI=1S/C12H19NOS/c1-6-14-9(2)7-10-8-15-11(13-10)12(3,4)5/h8H,2,6-7H2,1,3-5H3. The van der Waals surface area contributed by atoms with E-state index in [2.05, 4.69) is 37.7 Å². The molecule has 0 spiro atoms. The summed E-state index contributed by atoms with van der Waals surface area (Å²) in [7, 11) is 0. The molecule has 0 N–H and O–H groups in total. The molecule has 0 unspecified atom stereocenters. The summed E-state index contributed by atoms with van der Waals surface area (Å²) < 4.78 is 5.31. The van der Waals surface area contributed by atoms with Crippen molar-refractivity contribution in [2.24, 2.45) is 0 Å². The lowest BCUT2D eigenvalue weighted by Crippen LogP contribution is -2.10. The third kappa shape index (κ3) is 3.67. The zero-order chi connectivity index (χ0) is 11.5. The quantitative estimate of drug-likeness (QED) is 0.731. The number of ether oxygens (including phenoxy) is 1. The van der Waals surface area contributed by atoms with Crippen LogP contribution in [0.2, 0.25) is 0 Å². The van der Waals surface area contributed by atoms with Crippen LogP contribution >= 0.6 is 11.3 Å². The van der Waals surface area contributed by atoms with E-state index in [-0.39, 0.29) is 5.41 Å². The number of hydrogen-bond donors (Lipinski definition) is 0. The van der Waals surface area contributed by atoms with Crippen LogP contribution in [0.5, 0.6) is 0 Å². The van der Waals surface area contributed by atoms with Crippen LogP contribution in [0.4, 0.5) is 0 Å². The lowest BCUT2D eigenvalue weighted by molar-refractivity contribution is 0.224. The topological polar surface area (TPSA) is 22.1 Å². The molecular formula is C12H19NOS. The Morgan fingerprint density at radius 1 is 1.53 bits per heavy atom. The summed E-state index contributed by atoms with van der Waals surface area (Å²) in [5.41, 5.74) is 1.19. The maximum absolute atomic E-state index is 5.31. The highest BCUT2D eigenvalue weighted by molar-refractivity contribution is 7.09. The van der Waals surface area contributed by atoms with Crippen molar-refractivity contribution in [2.45, 2.75) is 39.5 Å². The van der Waals surface area contributed by atoms with Crippen molar-refractivity contribution < 1.29 is 4.74 Å². The molecule has 84 valence electrons. The average Bonchev–Trinajstić information content (AvgIpc) is 2.52. The fourth-order valence-electron chi connectivity index (χ4n) is 1.19. The maximum atomic E-state index is 5.31. The normalized spacial score (nSPS) is 11.5. The van der Waals surface area contributed by atoms with Crippen molar-refractivity contribution >= 4 is 11.3 Å². The molecule has 15 heavy (non-hydrogen) atoms. The minimum absolute atomic E-state index is 0.135. The highest BCUT2D eigenvalue weighted by atomic mass is 32.1. The first-order valence-electron chi connectivity index (χ1n) is 5.19. The molecule has 2 nitrogen and oxygen atoms in total. The number of allylic oxidation sites excluding steroid dienone is 1. The van der Waals surface area contributed by atoms with Gasteiger partial charge in [0, 0.05) is 17.2 Å². The Morgan fingerprint density at radius 2 is 2.20 bits per heavy atom. The first-order valence-corrected chi connectivity index (χ1v) is 6.07. The fraction of sp³-hybridized carbons (Fsp3) is 0.583. The van der Waals surface area contributed by atoms with Gasteiger partial charge in [-0.15, -0.1) is 11.3 Å². The van der Waals surface area contributed by atoms with E-state index in [9.17, 15) is 0 Å².